The number of alkyl halides is 1. The van der Waals surface area contributed by atoms with Crippen LogP contribution in [-0.4, -0.2) is 32.2 Å². The standard InChI is InChI=1S/C10H10ClN5O3/c1-6(11)10-12-13-14-15(10)7-3-4-9(19-2)8(5-7)16(17)18/h3-6H,1-2H3. The Hall–Kier alpha value is -2.22. The molecule has 0 aliphatic carbocycles. The second-order valence-corrected chi connectivity index (χ2v) is 4.33. The number of hydrogen-bond acceptors (Lipinski definition) is 6. The fourth-order valence-corrected chi connectivity index (χ4v) is 1.71. The lowest BCUT2D eigenvalue weighted by molar-refractivity contribution is -0.385. The first-order valence-electron chi connectivity index (χ1n) is 5.29. The molecule has 0 saturated heterocycles. The topological polar surface area (TPSA) is 96.0 Å². The number of hydrogen-bond donors (Lipinski definition) is 0. The summed E-state index contributed by atoms with van der Waals surface area (Å²) in [5.41, 5.74) is 0.281. The molecule has 9 heteroatoms. The van der Waals surface area contributed by atoms with Gasteiger partial charge in [-0.05, 0) is 29.5 Å². The third-order valence-electron chi connectivity index (χ3n) is 2.45. The molecule has 0 fully saturated rings. The second-order valence-electron chi connectivity index (χ2n) is 3.68. The Labute approximate surface area is 113 Å². The first-order valence-corrected chi connectivity index (χ1v) is 5.73. The molecule has 0 saturated carbocycles. The Bertz CT molecular complexity index is 613. The molecule has 1 heterocycles. The maximum atomic E-state index is 11.0. The maximum absolute atomic E-state index is 11.0. The summed E-state index contributed by atoms with van der Waals surface area (Å²) in [4.78, 5) is 10.4. The third-order valence-corrected chi connectivity index (χ3v) is 2.65. The summed E-state index contributed by atoms with van der Waals surface area (Å²) in [6.45, 7) is 1.71. The van der Waals surface area contributed by atoms with Crippen LogP contribution in [0, 0.1) is 10.1 Å². The average molecular weight is 284 g/mol. The Balaban J connectivity index is 2.54. The molecule has 2 aromatic rings. The lowest BCUT2D eigenvalue weighted by Gasteiger charge is -2.07. The van der Waals surface area contributed by atoms with Gasteiger partial charge in [-0.15, -0.1) is 16.7 Å². The van der Waals surface area contributed by atoms with Gasteiger partial charge in [0.05, 0.1) is 23.1 Å². The minimum atomic E-state index is -0.531. The van der Waals surface area contributed by atoms with E-state index >= 15 is 0 Å². The predicted octanol–water partition coefficient (Wildman–Crippen LogP) is 1.88. The van der Waals surface area contributed by atoms with Crippen molar-refractivity contribution < 1.29 is 9.66 Å². The summed E-state index contributed by atoms with van der Waals surface area (Å²) in [7, 11) is 1.37. The van der Waals surface area contributed by atoms with Crippen molar-refractivity contribution in [1.29, 1.82) is 0 Å². The van der Waals surface area contributed by atoms with Gasteiger partial charge in [0.2, 0.25) is 0 Å². The monoisotopic (exact) mass is 283 g/mol. The SMILES string of the molecule is COc1ccc(-n2nnnc2C(C)Cl)cc1[N+](=O)[O-]. The highest BCUT2D eigenvalue weighted by Crippen LogP contribution is 2.29. The molecule has 0 spiro atoms. The van der Waals surface area contributed by atoms with Gasteiger partial charge >= 0.3 is 5.69 Å². The number of benzene rings is 1. The highest BCUT2D eigenvalue weighted by Gasteiger charge is 2.19. The van der Waals surface area contributed by atoms with Crippen molar-refractivity contribution in [2.24, 2.45) is 0 Å². The van der Waals surface area contributed by atoms with E-state index in [9.17, 15) is 10.1 Å². The Morgan fingerprint density at radius 1 is 1.53 bits per heavy atom. The Morgan fingerprint density at radius 3 is 2.84 bits per heavy atom. The van der Waals surface area contributed by atoms with Gasteiger partial charge in [-0.25, -0.2) is 0 Å². The lowest BCUT2D eigenvalue weighted by Crippen LogP contribution is -2.05. The molecule has 1 unspecified atom stereocenters. The zero-order chi connectivity index (χ0) is 14.0. The number of nitro groups is 1. The normalized spacial score (nSPS) is 12.2. The molecule has 1 aromatic heterocycles. The van der Waals surface area contributed by atoms with Crippen molar-refractivity contribution in [2.75, 3.05) is 7.11 Å². The van der Waals surface area contributed by atoms with E-state index in [-0.39, 0.29) is 11.4 Å². The van der Waals surface area contributed by atoms with E-state index in [0.29, 0.717) is 11.5 Å². The number of nitro benzene ring substituents is 1. The molecule has 1 atom stereocenters. The second kappa shape index (κ2) is 5.19. The summed E-state index contributed by atoms with van der Waals surface area (Å²) in [5.74, 6) is 0.573. The molecule has 0 radical (unpaired) electrons. The van der Waals surface area contributed by atoms with Crippen LogP contribution in [0.25, 0.3) is 5.69 Å². The van der Waals surface area contributed by atoms with Crippen LogP contribution in [0.1, 0.15) is 18.1 Å². The van der Waals surface area contributed by atoms with E-state index in [0.717, 1.165) is 0 Å². The van der Waals surface area contributed by atoms with Crippen LogP contribution in [0.15, 0.2) is 18.2 Å². The van der Waals surface area contributed by atoms with Gasteiger partial charge < -0.3 is 4.74 Å². The number of ether oxygens (including phenoxy) is 1. The molecule has 0 bridgehead atoms. The third kappa shape index (κ3) is 2.48. The predicted molar refractivity (Wildman–Crippen MR) is 66.6 cm³/mol. The average Bonchev–Trinajstić information content (AvgIpc) is 2.87. The highest BCUT2D eigenvalue weighted by atomic mass is 35.5. The van der Waals surface area contributed by atoms with Crippen molar-refractivity contribution in [3.63, 3.8) is 0 Å². The number of tetrazole rings is 1. The van der Waals surface area contributed by atoms with E-state index in [1.807, 2.05) is 0 Å². The van der Waals surface area contributed by atoms with Crippen molar-refractivity contribution in [2.45, 2.75) is 12.3 Å². The van der Waals surface area contributed by atoms with Crippen LogP contribution >= 0.6 is 11.6 Å². The Kier molecular flexibility index (Phi) is 3.61. The van der Waals surface area contributed by atoms with Crippen LogP contribution in [0.2, 0.25) is 0 Å². The van der Waals surface area contributed by atoms with Crippen LogP contribution in [0.4, 0.5) is 5.69 Å². The quantitative estimate of drug-likeness (QED) is 0.483. The van der Waals surface area contributed by atoms with Crippen LogP contribution in [-0.2, 0) is 0 Å². The van der Waals surface area contributed by atoms with Crippen molar-refractivity contribution >= 4 is 17.3 Å². The van der Waals surface area contributed by atoms with E-state index < -0.39 is 10.3 Å². The Morgan fingerprint density at radius 2 is 2.26 bits per heavy atom. The van der Waals surface area contributed by atoms with Crippen molar-refractivity contribution in [3.8, 4) is 11.4 Å². The molecule has 0 N–H and O–H groups in total. The van der Waals surface area contributed by atoms with Gasteiger partial charge in [0, 0.05) is 6.07 Å². The fraction of sp³-hybridized carbons (Fsp3) is 0.300. The fourth-order valence-electron chi connectivity index (χ4n) is 1.58. The molecule has 19 heavy (non-hydrogen) atoms. The minimum Gasteiger partial charge on any atom is -0.490 e. The summed E-state index contributed by atoms with van der Waals surface area (Å²) >= 11 is 5.94. The van der Waals surface area contributed by atoms with Gasteiger partial charge in [0.25, 0.3) is 0 Å². The highest BCUT2D eigenvalue weighted by molar-refractivity contribution is 6.20. The molecule has 8 nitrogen and oxygen atoms in total. The number of nitrogens with zero attached hydrogens (tertiary/aromatic N) is 5. The number of aromatic nitrogens is 4. The van der Waals surface area contributed by atoms with Gasteiger partial charge in [0.1, 0.15) is 0 Å². The molecule has 0 amide bonds. The lowest BCUT2D eigenvalue weighted by atomic mass is 10.2. The van der Waals surface area contributed by atoms with Crippen LogP contribution < -0.4 is 4.74 Å². The minimum absolute atomic E-state index is 0.163. The van der Waals surface area contributed by atoms with Crippen molar-refractivity contribution in [3.05, 3.63) is 34.1 Å². The van der Waals surface area contributed by atoms with E-state index in [1.54, 1.807) is 13.0 Å². The number of rotatable bonds is 4. The molecule has 0 aliphatic rings. The zero-order valence-electron chi connectivity index (χ0n) is 10.1. The van der Waals surface area contributed by atoms with Gasteiger partial charge in [-0.3, -0.25) is 10.1 Å². The van der Waals surface area contributed by atoms with E-state index in [2.05, 4.69) is 15.5 Å². The molecule has 1 aromatic carbocycles. The molecular weight excluding hydrogens is 274 g/mol. The summed E-state index contributed by atoms with van der Waals surface area (Å²) in [5, 5.41) is 21.6. The summed E-state index contributed by atoms with van der Waals surface area (Å²) < 4.78 is 6.28. The van der Waals surface area contributed by atoms with Crippen LogP contribution in [0.5, 0.6) is 5.75 Å². The van der Waals surface area contributed by atoms with Gasteiger partial charge in [-0.2, -0.15) is 4.68 Å². The molecule has 0 aliphatic heterocycles. The molecular formula is C10H10ClN5O3. The number of methoxy groups -OCH3 is 1. The smallest absolute Gasteiger partial charge is 0.313 e. The first kappa shape index (κ1) is 13.2. The van der Waals surface area contributed by atoms with Crippen LogP contribution in [0.3, 0.4) is 0 Å². The summed E-state index contributed by atoms with van der Waals surface area (Å²) in [6, 6.07) is 4.43. The number of halogens is 1. The zero-order valence-corrected chi connectivity index (χ0v) is 10.9. The first-order chi connectivity index (χ1) is 9.04. The largest absolute Gasteiger partial charge is 0.490 e. The molecule has 2 rings (SSSR count). The summed E-state index contributed by atoms with van der Waals surface area (Å²) in [6.07, 6.45) is 0. The van der Waals surface area contributed by atoms with E-state index in [1.165, 1.54) is 23.9 Å². The van der Waals surface area contributed by atoms with Gasteiger partial charge in [-0.1, -0.05) is 0 Å². The van der Waals surface area contributed by atoms with Gasteiger partial charge in [0.15, 0.2) is 11.6 Å². The molecule has 100 valence electrons. The van der Waals surface area contributed by atoms with E-state index in [4.69, 9.17) is 16.3 Å². The van der Waals surface area contributed by atoms with Crippen molar-refractivity contribution in [1.82, 2.24) is 20.2 Å². The maximum Gasteiger partial charge on any atom is 0.313 e.